The van der Waals surface area contributed by atoms with Gasteiger partial charge in [-0.2, -0.15) is 8.42 Å². The lowest BCUT2D eigenvalue weighted by atomic mass is 10.2. The highest BCUT2D eigenvalue weighted by Gasteiger charge is 2.22. The molecule has 0 aromatic rings. The zero-order valence-electron chi connectivity index (χ0n) is 15.3. The molecule has 0 heterocycles. The monoisotopic (exact) mass is 368 g/mol. The van der Waals surface area contributed by atoms with Crippen molar-refractivity contribution in [2.24, 2.45) is 0 Å². The van der Waals surface area contributed by atoms with Crippen molar-refractivity contribution < 1.29 is 31.7 Å². The molecule has 142 valence electrons. The fraction of sp³-hybridized carbons (Fsp3) is 0.857. The van der Waals surface area contributed by atoms with E-state index in [1.165, 1.54) is 0 Å². The predicted molar refractivity (Wildman–Crippen MR) is 88.2 cm³/mol. The molecule has 24 heavy (non-hydrogen) atoms. The van der Waals surface area contributed by atoms with Crippen molar-refractivity contribution in [3.05, 3.63) is 0 Å². The standard InChI is InChI=1S/C14H28N2O7S/c1-13(2,3)22-11(17)15-8-10(9-21-24(7,19)20)16-12(18)23-14(4,5)6/h10H,8-9H2,1-7H3,(H,15,17)(H,16,18)/t10-/m1/s1. The van der Waals surface area contributed by atoms with Gasteiger partial charge in [0.25, 0.3) is 10.1 Å². The van der Waals surface area contributed by atoms with Crippen LogP contribution >= 0.6 is 0 Å². The average molecular weight is 368 g/mol. The van der Waals surface area contributed by atoms with Crippen LogP contribution in [0.25, 0.3) is 0 Å². The van der Waals surface area contributed by atoms with Gasteiger partial charge in [-0.25, -0.2) is 9.59 Å². The minimum atomic E-state index is -3.69. The third-order valence-corrected chi connectivity index (χ3v) is 2.66. The number of alkyl carbamates (subject to hydrolysis) is 2. The number of carbonyl (C=O) groups excluding carboxylic acids is 2. The largest absolute Gasteiger partial charge is 0.444 e. The molecule has 0 fully saturated rings. The van der Waals surface area contributed by atoms with E-state index < -0.39 is 39.5 Å². The first-order chi connectivity index (χ1) is 10.6. The third kappa shape index (κ3) is 14.1. The van der Waals surface area contributed by atoms with Crippen LogP contribution in [0.15, 0.2) is 0 Å². The molecular weight excluding hydrogens is 340 g/mol. The van der Waals surface area contributed by atoms with Gasteiger partial charge in [0, 0.05) is 6.54 Å². The molecule has 0 spiro atoms. The van der Waals surface area contributed by atoms with Crippen LogP contribution in [-0.2, 0) is 23.8 Å². The van der Waals surface area contributed by atoms with Crippen LogP contribution in [-0.4, -0.2) is 57.3 Å². The molecule has 10 heteroatoms. The molecule has 0 aliphatic carbocycles. The van der Waals surface area contributed by atoms with E-state index in [4.69, 9.17) is 9.47 Å². The van der Waals surface area contributed by atoms with Gasteiger partial charge in [-0.05, 0) is 41.5 Å². The normalized spacial score (nSPS) is 13.8. The summed E-state index contributed by atoms with van der Waals surface area (Å²) in [6.07, 6.45) is -0.563. The maximum Gasteiger partial charge on any atom is 0.408 e. The molecule has 0 saturated carbocycles. The number of carbonyl (C=O) groups is 2. The van der Waals surface area contributed by atoms with Crippen LogP contribution in [0, 0.1) is 0 Å². The lowest BCUT2D eigenvalue weighted by Crippen LogP contribution is -2.48. The van der Waals surface area contributed by atoms with Gasteiger partial charge in [0.2, 0.25) is 0 Å². The first kappa shape index (κ1) is 22.4. The van der Waals surface area contributed by atoms with E-state index in [0.717, 1.165) is 6.26 Å². The Hall–Kier alpha value is -1.55. The topological polar surface area (TPSA) is 120 Å². The van der Waals surface area contributed by atoms with Gasteiger partial charge >= 0.3 is 12.2 Å². The van der Waals surface area contributed by atoms with Gasteiger partial charge in [-0.1, -0.05) is 0 Å². The van der Waals surface area contributed by atoms with Crippen molar-refractivity contribution in [1.82, 2.24) is 10.6 Å². The number of nitrogens with one attached hydrogen (secondary N) is 2. The van der Waals surface area contributed by atoms with Gasteiger partial charge < -0.3 is 20.1 Å². The number of ether oxygens (including phenoxy) is 2. The summed E-state index contributed by atoms with van der Waals surface area (Å²) < 4.78 is 37.0. The molecule has 0 aromatic carbocycles. The molecule has 0 aliphatic heterocycles. The van der Waals surface area contributed by atoms with Crippen molar-refractivity contribution in [2.45, 2.75) is 58.8 Å². The van der Waals surface area contributed by atoms with Crippen LogP contribution in [0.1, 0.15) is 41.5 Å². The highest BCUT2D eigenvalue weighted by molar-refractivity contribution is 7.85. The maximum atomic E-state index is 11.8. The minimum Gasteiger partial charge on any atom is -0.444 e. The van der Waals surface area contributed by atoms with E-state index in [-0.39, 0.29) is 13.2 Å². The average Bonchev–Trinajstić information content (AvgIpc) is 2.26. The van der Waals surface area contributed by atoms with Crippen LogP contribution in [0.2, 0.25) is 0 Å². The lowest BCUT2D eigenvalue weighted by Gasteiger charge is -2.24. The number of amides is 2. The van der Waals surface area contributed by atoms with Crippen LogP contribution in [0.5, 0.6) is 0 Å². The Labute approximate surface area is 143 Å². The molecular formula is C14H28N2O7S. The Morgan fingerprint density at radius 1 is 0.958 bits per heavy atom. The Kier molecular flexibility index (Phi) is 7.97. The van der Waals surface area contributed by atoms with Crippen LogP contribution in [0.3, 0.4) is 0 Å². The van der Waals surface area contributed by atoms with Gasteiger partial charge in [0.05, 0.1) is 18.9 Å². The summed E-state index contributed by atoms with van der Waals surface area (Å²) in [6, 6.07) is -0.818. The molecule has 1 atom stereocenters. The quantitative estimate of drug-likeness (QED) is 0.680. The molecule has 2 amide bonds. The smallest absolute Gasteiger partial charge is 0.408 e. The fourth-order valence-corrected chi connectivity index (χ4v) is 1.76. The van der Waals surface area contributed by atoms with E-state index in [1.54, 1.807) is 41.5 Å². The zero-order valence-corrected chi connectivity index (χ0v) is 16.1. The van der Waals surface area contributed by atoms with Crippen molar-refractivity contribution in [2.75, 3.05) is 19.4 Å². The van der Waals surface area contributed by atoms with E-state index in [0.29, 0.717) is 0 Å². The molecule has 0 saturated heterocycles. The van der Waals surface area contributed by atoms with E-state index in [2.05, 4.69) is 14.8 Å². The lowest BCUT2D eigenvalue weighted by molar-refractivity contribution is 0.0448. The predicted octanol–water partition coefficient (Wildman–Crippen LogP) is 1.38. The molecule has 0 rings (SSSR count). The number of hydrogen-bond donors (Lipinski definition) is 2. The minimum absolute atomic E-state index is 0.0936. The zero-order chi connectivity index (χ0) is 19.2. The molecule has 0 aromatic heterocycles. The fourth-order valence-electron chi connectivity index (χ4n) is 1.35. The highest BCUT2D eigenvalue weighted by atomic mass is 32.2. The summed E-state index contributed by atoms with van der Waals surface area (Å²) in [5, 5.41) is 4.88. The van der Waals surface area contributed by atoms with Gasteiger partial charge in [-0.15, -0.1) is 0 Å². The second-order valence-electron chi connectivity index (χ2n) is 7.21. The highest BCUT2D eigenvalue weighted by Crippen LogP contribution is 2.08. The van der Waals surface area contributed by atoms with Gasteiger partial charge in [0.1, 0.15) is 11.2 Å². The number of hydrogen-bond acceptors (Lipinski definition) is 7. The van der Waals surface area contributed by atoms with Crippen molar-refractivity contribution in [3.8, 4) is 0 Å². The van der Waals surface area contributed by atoms with Gasteiger partial charge in [0.15, 0.2) is 0 Å². The molecule has 0 unspecified atom stereocenters. The first-order valence-corrected chi connectivity index (χ1v) is 9.20. The number of rotatable bonds is 6. The molecule has 0 bridgehead atoms. The Bertz CT molecular complexity index is 532. The molecule has 9 nitrogen and oxygen atoms in total. The maximum absolute atomic E-state index is 11.8. The Morgan fingerprint density at radius 2 is 1.42 bits per heavy atom. The first-order valence-electron chi connectivity index (χ1n) is 7.38. The van der Waals surface area contributed by atoms with E-state index >= 15 is 0 Å². The van der Waals surface area contributed by atoms with Crippen LogP contribution in [0.4, 0.5) is 9.59 Å². The SMILES string of the molecule is CC(C)(C)OC(=O)NC[C@H](COS(C)(=O)=O)NC(=O)OC(C)(C)C. The Balaban J connectivity index is 4.69. The molecule has 0 radical (unpaired) electrons. The van der Waals surface area contributed by atoms with Crippen LogP contribution < -0.4 is 10.6 Å². The van der Waals surface area contributed by atoms with E-state index in [9.17, 15) is 18.0 Å². The summed E-state index contributed by atoms with van der Waals surface area (Å²) in [7, 11) is -3.69. The summed E-state index contributed by atoms with van der Waals surface area (Å²) >= 11 is 0. The summed E-state index contributed by atoms with van der Waals surface area (Å²) in [5.74, 6) is 0. The third-order valence-electron chi connectivity index (χ3n) is 2.10. The second-order valence-corrected chi connectivity index (χ2v) is 8.86. The summed E-state index contributed by atoms with van der Waals surface area (Å²) in [4.78, 5) is 23.4. The van der Waals surface area contributed by atoms with Crippen molar-refractivity contribution in [3.63, 3.8) is 0 Å². The molecule has 2 N–H and O–H groups in total. The Morgan fingerprint density at radius 3 is 1.83 bits per heavy atom. The van der Waals surface area contributed by atoms with Gasteiger partial charge in [-0.3, -0.25) is 4.18 Å². The van der Waals surface area contributed by atoms with Crippen molar-refractivity contribution in [1.29, 1.82) is 0 Å². The molecule has 0 aliphatic rings. The summed E-state index contributed by atoms with van der Waals surface area (Å²) in [5.41, 5.74) is -1.40. The second kappa shape index (κ2) is 8.52. The van der Waals surface area contributed by atoms with E-state index in [1.807, 2.05) is 0 Å². The van der Waals surface area contributed by atoms with Crippen molar-refractivity contribution >= 4 is 22.3 Å². The summed E-state index contributed by atoms with van der Waals surface area (Å²) in [6.45, 7) is 9.73.